The van der Waals surface area contributed by atoms with Crippen molar-refractivity contribution in [3.05, 3.63) is 54.1 Å². The minimum Gasteiger partial charge on any atom is -0.493 e. The van der Waals surface area contributed by atoms with E-state index in [1.807, 2.05) is 36.4 Å². The molecule has 1 atom stereocenters. The number of benzene rings is 2. The monoisotopic (exact) mass is 512 g/mol. The summed E-state index contributed by atoms with van der Waals surface area (Å²) in [6, 6.07) is 16.3. The van der Waals surface area contributed by atoms with Crippen LogP contribution in [0.25, 0.3) is 0 Å². The second-order valence-corrected chi connectivity index (χ2v) is 6.95. The Kier molecular flexibility index (Phi) is 11.3. The summed E-state index contributed by atoms with van der Waals surface area (Å²) in [5, 5.41) is 6.71. The van der Waals surface area contributed by atoms with E-state index in [1.165, 1.54) is 0 Å². The van der Waals surface area contributed by atoms with Crippen LogP contribution in [-0.4, -0.2) is 39.3 Å². The minimum absolute atomic E-state index is 0. The molecule has 2 aromatic carbocycles. The first-order valence-electron chi connectivity index (χ1n) is 9.59. The summed E-state index contributed by atoms with van der Waals surface area (Å²) in [6.45, 7) is 5.67. The van der Waals surface area contributed by atoms with Crippen LogP contribution in [0, 0.1) is 5.92 Å². The Labute approximate surface area is 191 Å². The number of nitrogens with zero attached hydrogens (tertiary/aromatic N) is 1. The van der Waals surface area contributed by atoms with Gasteiger partial charge in [-0.05, 0) is 42.2 Å². The van der Waals surface area contributed by atoms with E-state index in [2.05, 4.69) is 41.6 Å². The van der Waals surface area contributed by atoms with E-state index in [0.717, 1.165) is 29.2 Å². The number of aliphatic imine (C=N–C) groups is 1. The lowest BCUT2D eigenvalue weighted by molar-refractivity contribution is 0.354. The maximum atomic E-state index is 6.05. The van der Waals surface area contributed by atoms with Gasteiger partial charge in [0, 0.05) is 18.3 Å². The first-order chi connectivity index (χ1) is 13.5. The summed E-state index contributed by atoms with van der Waals surface area (Å²) in [5.74, 6) is 2.35. The van der Waals surface area contributed by atoms with Crippen LogP contribution >= 0.6 is 24.0 Å². The number of methoxy groups -OCH3 is 2. The average molecular weight is 512 g/mol. The molecule has 4 N–H and O–H groups in total. The van der Waals surface area contributed by atoms with Crippen molar-refractivity contribution in [1.82, 2.24) is 5.32 Å². The number of anilines is 1. The maximum absolute atomic E-state index is 6.05. The Morgan fingerprint density at radius 3 is 2.34 bits per heavy atom. The Balaban J connectivity index is 0.00000420. The summed E-state index contributed by atoms with van der Waals surface area (Å²) in [5.41, 5.74) is 8.28. The lowest BCUT2D eigenvalue weighted by Crippen LogP contribution is -2.36. The number of guanidine groups is 1. The van der Waals surface area contributed by atoms with Gasteiger partial charge < -0.3 is 25.8 Å². The SMILES string of the molecule is COc1ccc(CCNC(N)=NCC(Nc2ccccc2)C(C)C)cc1OC.I. The van der Waals surface area contributed by atoms with Crippen LogP contribution in [0.1, 0.15) is 19.4 Å². The van der Waals surface area contributed by atoms with Crippen molar-refractivity contribution < 1.29 is 9.47 Å². The number of nitrogens with one attached hydrogen (secondary N) is 2. The Hall–Kier alpha value is -2.16. The van der Waals surface area contributed by atoms with E-state index in [0.29, 0.717) is 25.0 Å². The second-order valence-electron chi connectivity index (χ2n) is 6.95. The van der Waals surface area contributed by atoms with Crippen LogP contribution in [0.4, 0.5) is 5.69 Å². The third kappa shape index (κ3) is 8.39. The smallest absolute Gasteiger partial charge is 0.188 e. The molecular formula is C22H33IN4O2. The zero-order valence-electron chi connectivity index (χ0n) is 17.6. The molecule has 0 aliphatic heterocycles. The number of hydrogen-bond acceptors (Lipinski definition) is 4. The molecule has 0 radical (unpaired) electrons. The van der Waals surface area contributed by atoms with Crippen LogP contribution in [0.2, 0.25) is 0 Å². The third-order valence-electron chi connectivity index (χ3n) is 4.56. The molecule has 0 saturated heterocycles. The van der Waals surface area contributed by atoms with Gasteiger partial charge in [-0.25, -0.2) is 0 Å². The lowest BCUT2D eigenvalue weighted by Gasteiger charge is -2.22. The molecule has 29 heavy (non-hydrogen) atoms. The van der Waals surface area contributed by atoms with E-state index in [9.17, 15) is 0 Å². The van der Waals surface area contributed by atoms with E-state index >= 15 is 0 Å². The van der Waals surface area contributed by atoms with Gasteiger partial charge in [0.2, 0.25) is 0 Å². The fourth-order valence-corrected chi connectivity index (χ4v) is 2.80. The number of nitrogens with two attached hydrogens (primary N) is 1. The highest BCUT2D eigenvalue weighted by atomic mass is 127. The lowest BCUT2D eigenvalue weighted by atomic mass is 10.0. The van der Waals surface area contributed by atoms with Crippen molar-refractivity contribution in [2.24, 2.45) is 16.6 Å². The molecule has 0 fully saturated rings. The predicted octanol–water partition coefficient (Wildman–Crippen LogP) is 3.91. The van der Waals surface area contributed by atoms with Crippen LogP contribution in [-0.2, 0) is 6.42 Å². The summed E-state index contributed by atoms with van der Waals surface area (Å²) in [6.07, 6.45) is 0.812. The number of hydrogen-bond donors (Lipinski definition) is 3. The van der Waals surface area contributed by atoms with Crippen molar-refractivity contribution in [3.8, 4) is 11.5 Å². The van der Waals surface area contributed by atoms with Gasteiger partial charge in [0.25, 0.3) is 0 Å². The number of halogens is 1. The zero-order chi connectivity index (χ0) is 20.4. The quantitative estimate of drug-likeness (QED) is 0.256. The highest BCUT2D eigenvalue weighted by Gasteiger charge is 2.12. The van der Waals surface area contributed by atoms with Gasteiger partial charge in [-0.1, -0.05) is 38.1 Å². The molecule has 0 aliphatic rings. The fourth-order valence-electron chi connectivity index (χ4n) is 2.80. The highest BCUT2D eigenvalue weighted by molar-refractivity contribution is 14.0. The van der Waals surface area contributed by atoms with Crippen molar-refractivity contribution in [2.75, 3.05) is 32.6 Å². The van der Waals surface area contributed by atoms with Gasteiger partial charge in [-0.3, -0.25) is 4.99 Å². The molecule has 6 nitrogen and oxygen atoms in total. The molecular weight excluding hydrogens is 479 g/mol. The number of ether oxygens (including phenoxy) is 2. The standard InChI is InChI=1S/C22H32N4O2.HI/c1-16(2)19(26-18-8-6-5-7-9-18)15-25-22(23)24-13-12-17-10-11-20(27-3)21(14-17)28-4;/h5-11,14,16,19,26H,12-13,15H2,1-4H3,(H3,23,24,25);1H. The van der Waals surface area contributed by atoms with Crippen molar-refractivity contribution in [2.45, 2.75) is 26.3 Å². The minimum atomic E-state index is 0. The molecule has 2 rings (SSSR count). The molecule has 0 saturated carbocycles. The molecule has 0 bridgehead atoms. The van der Waals surface area contributed by atoms with Crippen molar-refractivity contribution >= 4 is 35.6 Å². The molecule has 0 aromatic heterocycles. The largest absolute Gasteiger partial charge is 0.493 e. The van der Waals surface area contributed by atoms with E-state index < -0.39 is 0 Å². The van der Waals surface area contributed by atoms with Gasteiger partial charge in [-0.15, -0.1) is 24.0 Å². The van der Waals surface area contributed by atoms with Gasteiger partial charge in [0.15, 0.2) is 17.5 Å². The molecule has 0 spiro atoms. The molecule has 0 aliphatic carbocycles. The first-order valence-corrected chi connectivity index (χ1v) is 9.59. The van der Waals surface area contributed by atoms with Gasteiger partial charge >= 0.3 is 0 Å². The molecule has 0 amide bonds. The summed E-state index contributed by atoms with van der Waals surface area (Å²) in [4.78, 5) is 4.51. The third-order valence-corrected chi connectivity index (χ3v) is 4.56. The average Bonchev–Trinajstić information content (AvgIpc) is 2.71. The van der Waals surface area contributed by atoms with Crippen molar-refractivity contribution in [1.29, 1.82) is 0 Å². The highest BCUT2D eigenvalue weighted by Crippen LogP contribution is 2.27. The first kappa shape index (κ1) is 24.9. The number of para-hydroxylation sites is 1. The topological polar surface area (TPSA) is 80.9 Å². The molecule has 0 heterocycles. The summed E-state index contributed by atoms with van der Waals surface area (Å²) >= 11 is 0. The second kappa shape index (κ2) is 13.1. The van der Waals surface area contributed by atoms with Crippen LogP contribution < -0.4 is 25.8 Å². The number of rotatable bonds is 10. The summed E-state index contributed by atoms with van der Waals surface area (Å²) in [7, 11) is 3.27. The van der Waals surface area contributed by atoms with Gasteiger partial charge in [0.1, 0.15) is 0 Å². The van der Waals surface area contributed by atoms with Crippen LogP contribution in [0.15, 0.2) is 53.5 Å². The van der Waals surface area contributed by atoms with Crippen LogP contribution in [0.5, 0.6) is 11.5 Å². The molecule has 160 valence electrons. The normalized spacial score (nSPS) is 12.1. The van der Waals surface area contributed by atoms with Crippen LogP contribution in [0.3, 0.4) is 0 Å². The Bertz CT molecular complexity index is 754. The van der Waals surface area contributed by atoms with Gasteiger partial charge in [-0.2, -0.15) is 0 Å². The Morgan fingerprint density at radius 1 is 1.03 bits per heavy atom. The van der Waals surface area contributed by atoms with Gasteiger partial charge in [0.05, 0.1) is 20.8 Å². The van der Waals surface area contributed by atoms with E-state index in [4.69, 9.17) is 15.2 Å². The predicted molar refractivity (Wildman–Crippen MR) is 132 cm³/mol. The maximum Gasteiger partial charge on any atom is 0.188 e. The summed E-state index contributed by atoms with van der Waals surface area (Å²) < 4.78 is 10.6. The zero-order valence-corrected chi connectivity index (χ0v) is 20.0. The molecule has 2 aromatic rings. The van der Waals surface area contributed by atoms with E-state index in [1.54, 1.807) is 14.2 Å². The van der Waals surface area contributed by atoms with E-state index in [-0.39, 0.29) is 30.0 Å². The van der Waals surface area contributed by atoms with Crippen molar-refractivity contribution in [3.63, 3.8) is 0 Å². The molecule has 7 heteroatoms. The Morgan fingerprint density at radius 2 is 1.72 bits per heavy atom. The fraction of sp³-hybridized carbons (Fsp3) is 0.409. The molecule has 1 unspecified atom stereocenters.